The Bertz CT molecular complexity index is 769. The maximum atomic E-state index is 12.2. The van der Waals surface area contributed by atoms with Crippen LogP contribution in [0.15, 0.2) is 42.6 Å². The molecular weight excluding hydrogens is 382 g/mol. The van der Waals surface area contributed by atoms with Crippen molar-refractivity contribution in [2.45, 2.75) is 12.8 Å². The molecule has 11 heteroatoms. The highest BCUT2D eigenvalue weighted by atomic mass is 16.5. The molecule has 1 unspecified atom stereocenters. The second-order valence-electron chi connectivity index (χ2n) is 6.10. The molecule has 11 nitrogen and oxygen atoms in total. The number of hydrogen-bond acceptors (Lipinski definition) is 6. The summed E-state index contributed by atoms with van der Waals surface area (Å²) in [6.45, 7) is -0.633. The quantitative estimate of drug-likeness (QED) is 0.438. The first-order valence-electron chi connectivity index (χ1n) is 8.81. The number of aliphatic carboxylic acids is 1. The molecule has 1 aliphatic heterocycles. The Morgan fingerprint density at radius 3 is 2.62 bits per heavy atom. The molecule has 0 spiro atoms. The maximum absolute atomic E-state index is 12.2. The maximum Gasteiger partial charge on any atom is 0.409 e. The Kier molecular flexibility index (Phi) is 7.98. The van der Waals surface area contributed by atoms with Crippen molar-refractivity contribution in [1.82, 2.24) is 20.4 Å². The molecule has 0 radical (unpaired) electrons. The van der Waals surface area contributed by atoms with Crippen LogP contribution in [0.5, 0.6) is 0 Å². The van der Waals surface area contributed by atoms with Crippen molar-refractivity contribution in [2.24, 2.45) is 5.73 Å². The average Bonchev–Trinajstić information content (AvgIpc) is 2.68. The minimum atomic E-state index is -1.18. The smallest absolute Gasteiger partial charge is 0.409 e. The Labute approximate surface area is 167 Å². The molecule has 1 heterocycles. The fourth-order valence-corrected chi connectivity index (χ4v) is 2.48. The SMILES string of the molecule is NCCN(CC(=O)O)C(=O)CN1C=CC(NC(=O)OCc2ccccc2)NC1=O. The normalized spacial score (nSPS) is 15.4. The summed E-state index contributed by atoms with van der Waals surface area (Å²) in [5.74, 6) is -1.74. The van der Waals surface area contributed by atoms with Gasteiger partial charge in [0.05, 0.1) is 0 Å². The van der Waals surface area contributed by atoms with E-state index in [2.05, 4.69) is 10.6 Å². The number of carboxylic acid groups (broad SMARTS) is 1. The number of nitrogens with two attached hydrogens (primary N) is 1. The summed E-state index contributed by atoms with van der Waals surface area (Å²) in [6.07, 6.45) is 1.27. The Morgan fingerprint density at radius 1 is 1.28 bits per heavy atom. The van der Waals surface area contributed by atoms with Crippen molar-refractivity contribution in [2.75, 3.05) is 26.2 Å². The molecule has 0 fully saturated rings. The molecule has 2 rings (SSSR count). The number of nitrogens with zero attached hydrogens (tertiary/aromatic N) is 2. The molecule has 0 saturated heterocycles. The van der Waals surface area contributed by atoms with E-state index in [0.717, 1.165) is 15.4 Å². The Hall–Kier alpha value is -3.60. The molecule has 0 aliphatic carbocycles. The van der Waals surface area contributed by atoms with Crippen LogP contribution in [0, 0.1) is 0 Å². The van der Waals surface area contributed by atoms with Crippen molar-refractivity contribution in [3.8, 4) is 0 Å². The zero-order valence-corrected chi connectivity index (χ0v) is 15.6. The highest BCUT2D eigenvalue weighted by Gasteiger charge is 2.26. The number of rotatable bonds is 9. The minimum Gasteiger partial charge on any atom is -0.480 e. The first kappa shape index (κ1) is 21.7. The zero-order valence-electron chi connectivity index (χ0n) is 15.6. The third kappa shape index (κ3) is 7.14. The number of hydrogen-bond donors (Lipinski definition) is 4. The van der Waals surface area contributed by atoms with Gasteiger partial charge in [-0.3, -0.25) is 19.8 Å². The number of carboxylic acids is 1. The van der Waals surface area contributed by atoms with E-state index in [1.165, 1.54) is 12.3 Å². The summed E-state index contributed by atoms with van der Waals surface area (Å²) in [5.41, 5.74) is 6.20. The fraction of sp³-hybridized carbons (Fsp3) is 0.333. The van der Waals surface area contributed by atoms with E-state index in [0.29, 0.717) is 0 Å². The van der Waals surface area contributed by atoms with Gasteiger partial charge in [0.1, 0.15) is 25.9 Å². The van der Waals surface area contributed by atoms with Crippen LogP contribution in [-0.2, 0) is 20.9 Å². The Morgan fingerprint density at radius 2 is 2.00 bits per heavy atom. The number of carbonyl (C=O) groups excluding carboxylic acids is 3. The van der Waals surface area contributed by atoms with Gasteiger partial charge in [0.15, 0.2) is 0 Å². The van der Waals surface area contributed by atoms with Crippen LogP contribution in [0.1, 0.15) is 5.56 Å². The number of amides is 4. The standard InChI is InChI=1S/C18H23N5O6/c19-7-9-22(11-16(25)26)15(24)10-23-8-6-14(20-17(23)27)21-18(28)29-12-13-4-2-1-3-5-13/h1-6,8,14H,7,9-12,19H2,(H,20,27)(H,21,28)(H,25,26). The summed E-state index contributed by atoms with van der Waals surface area (Å²) in [6, 6.07) is 8.48. The third-order valence-electron chi connectivity index (χ3n) is 3.87. The van der Waals surface area contributed by atoms with Crippen molar-refractivity contribution >= 4 is 24.0 Å². The minimum absolute atomic E-state index is 0.0573. The first-order valence-corrected chi connectivity index (χ1v) is 8.81. The van der Waals surface area contributed by atoms with Crippen LogP contribution in [0.4, 0.5) is 9.59 Å². The van der Waals surface area contributed by atoms with Crippen LogP contribution in [0.25, 0.3) is 0 Å². The number of nitrogens with one attached hydrogen (secondary N) is 2. The number of ether oxygens (including phenoxy) is 1. The molecule has 0 bridgehead atoms. The van der Waals surface area contributed by atoms with Crippen LogP contribution in [0.3, 0.4) is 0 Å². The third-order valence-corrected chi connectivity index (χ3v) is 3.87. The Balaban J connectivity index is 1.84. The molecule has 0 aromatic heterocycles. The van der Waals surface area contributed by atoms with Gasteiger partial charge in [-0.1, -0.05) is 30.3 Å². The van der Waals surface area contributed by atoms with Crippen molar-refractivity contribution in [1.29, 1.82) is 0 Å². The van der Waals surface area contributed by atoms with Crippen molar-refractivity contribution in [3.05, 3.63) is 48.2 Å². The summed E-state index contributed by atoms with van der Waals surface area (Å²) >= 11 is 0. The highest BCUT2D eigenvalue weighted by molar-refractivity contribution is 5.87. The van der Waals surface area contributed by atoms with Gasteiger partial charge in [0, 0.05) is 19.3 Å². The van der Waals surface area contributed by atoms with Crippen LogP contribution in [0.2, 0.25) is 0 Å². The zero-order chi connectivity index (χ0) is 21.2. The van der Waals surface area contributed by atoms with Gasteiger partial charge >= 0.3 is 18.1 Å². The number of carbonyl (C=O) groups is 4. The van der Waals surface area contributed by atoms with Crippen LogP contribution in [-0.4, -0.2) is 71.3 Å². The largest absolute Gasteiger partial charge is 0.480 e. The second-order valence-corrected chi connectivity index (χ2v) is 6.10. The van der Waals surface area contributed by atoms with Crippen molar-refractivity contribution in [3.63, 3.8) is 0 Å². The van der Waals surface area contributed by atoms with E-state index in [-0.39, 0.29) is 26.2 Å². The number of urea groups is 1. The molecule has 0 saturated carbocycles. The summed E-state index contributed by atoms with van der Waals surface area (Å²) in [4.78, 5) is 49.2. The summed E-state index contributed by atoms with van der Waals surface area (Å²) in [5, 5.41) is 13.8. The lowest BCUT2D eigenvalue weighted by Gasteiger charge is -2.29. The molecule has 1 aliphatic rings. The molecule has 5 N–H and O–H groups in total. The van der Waals surface area contributed by atoms with E-state index in [9.17, 15) is 19.2 Å². The topological polar surface area (TPSA) is 154 Å². The van der Waals surface area contributed by atoms with Gasteiger partial charge < -0.3 is 25.8 Å². The lowest BCUT2D eigenvalue weighted by molar-refractivity contribution is -0.144. The molecule has 156 valence electrons. The number of alkyl carbamates (subject to hydrolysis) is 1. The average molecular weight is 405 g/mol. The molecule has 29 heavy (non-hydrogen) atoms. The van der Waals surface area contributed by atoms with E-state index in [1.807, 2.05) is 30.3 Å². The fourth-order valence-electron chi connectivity index (χ4n) is 2.48. The van der Waals surface area contributed by atoms with E-state index < -0.39 is 36.7 Å². The van der Waals surface area contributed by atoms with E-state index >= 15 is 0 Å². The van der Waals surface area contributed by atoms with E-state index in [4.69, 9.17) is 15.6 Å². The molecule has 1 atom stereocenters. The summed E-state index contributed by atoms with van der Waals surface area (Å²) < 4.78 is 5.08. The van der Waals surface area contributed by atoms with Gasteiger partial charge in [-0.05, 0) is 11.6 Å². The van der Waals surface area contributed by atoms with Gasteiger partial charge in [-0.25, -0.2) is 9.59 Å². The predicted octanol–water partition coefficient (Wildman–Crippen LogP) is -0.350. The van der Waals surface area contributed by atoms with Crippen molar-refractivity contribution < 1.29 is 29.0 Å². The number of benzene rings is 1. The molecule has 1 aromatic rings. The molecule has 1 aromatic carbocycles. The lowest BCUT2D eigenvalue weighted by Crippen LogP contribution is -2.55. The van der Waals surface area contributed by atoms with Gasteiger partial charge in [-0.2, -0.15) is 0 Å². The van der Waals surface area contributed by atoms with Crippen LogP contribution < -0.4 is 16.4 Å². The van der Waals surface area contributed by atoms with E-state index in [1.54, 1.807) is 0 Å². The summed E-state index contributed by atoms with van der Waals surface area (Å²) in [7, 11) is 0. The first-order chi connectivity index (χ1) is 13.9. The van der Waals surface area contributed by atoms with Crippen LogP contribution >= 0.6 is 0 Å². The monoisotopic (exact) mass is 405 g/mol. The van der Waals surface area contributed by atoms with Gasteiger partial charge in [0.25, 0.3) is 0 Å². The highest BCUT2D eigenvalue weighted by Crippen LogP contribution is 2.04. The van der Waals surface area contributed by atoms with Gasteiger partial charge in [0.2, 0.25) is 5.91 Å². The predicted molar refractivity (Wildman–Crippen MR) is 101 cm³/mol. The second kappa shape index (κ2) is 10.7. The lowest BCUT2D eigenvalue weighted by atomic mass is 10.2. The molecular formula is C18H23N5O6. The van der Waals surface area contributed by atoms with Gasteiger partial charge in [-0.15, -0.1) is 0 Å². The molecule has 4 amide bonds.